The first-order valence-electron chi connectivity index (χ1n) is 9.73. The summed E-state index contributed by atoms with van der Waals surface area (Å²) in [4.78, 5) is 12.6. The number of amides is 1. The lowest BCUT2D eigenvalue weighted by molar-refractivity contribution is -0.115. The molecule has 3 aromatic rings. The number of nitrogens with zero attached hydrogens (tertiary/aromatic N) is 2. The van der Waals surface area contributed by atoms with Crippen LogP contribution in [0.4, 0.5) is 0 Å². The van der Waals surface area contributed by atoms with Gasteiger partial charge in [-0.25, -0.2) is 4.68 Å². The molecule has 0 unspecified atom stereocenters. The summed E-state index contributed by atoms with van der Waals surface area (Å²) in [5.41, 5.74) is 4.53. The van der Waals surface area contributed by atoms with Crippen LogP contribution in [0.3, 0.4) is 0 Å². The van der Waals surface area contributed by atoms with Crippen molar-refractivity contribution in [3.05, 3.63) is 70.8 Å². The van der Waals surface area contributed by atoms with Gasteiger partial charge in [-0.05, 0) is 67.1 Å². The Balaban J connectivity index is 1.80. The molecule has 1 fully saturated rings. The van der Waals surface area contributed by atoms with Crippen molar-refractivity contribution in [2.24, 2.45) is 0 Å². The molecule has 1 aliphatic heterocycles. The predicted octanol–water partition coefficient (Wildman–Crippen LogP) is 4.78. The van der Waals surface area contributed by atoms with E-state index in [1.165, 1.54) is 0 Å². The molecule has 0 aliphatic carbocycles. The molecular formula is C23H22N4O2S. The van der Waals surface area contributed by atoms with E-state index in [2.05, 4.69) is 12.2 Å². The molecule has 30 heavy (non-hydrogen) atoms. The highest BCUT2D eigenvalue weighted by Gasteiger charge is 2.24. The molecule has 2 heterocycles. The molecule has 1 aliphatic rings. The molecule has 2 aromatic carbocycles. The first-order chi connectivity index (χ1) is 14.5. The van der Waals surface area contributed by atoms with E-state index in [4.69, 9.17) is 15.2 Å². The fourth-order valence-electron chi connectivity index (χ4n) is 3.21. The third-order valence-electron chi connectivity index (χ3n) is 4.64. The average molecular weight is 419 g/mol. The van der Waals surface area contributed by atoms with E-state index in [9.17, 15) is 4.79 Å². The maximum Gasteiger partial charge on any atom is 0.264 e. The molecule has 2 N–H and O–H groups in total. The Morgan fingerprint density at radius 1 is 1.23 bits per heavy atom. The summed E-state index contributed by atoms with van der Waals surface area (Å²) in [5, 5.41) is 15.2. The van der Waals surface area contributed by atoms with Crippen LogP contribution in [0.5, 0.6) is 5.75 Å². The van der Waals surface area contributed by atoms with Gasteiger partial charge >= 0.3 is 0 Å². The minimum atomic E-state index is -0.261. The molecule has 6 nitrogen and oxygen atoms in total. The number of aromatic nitrogens is 2. The van der Waals surface area contributed by atoms with Gasteiger partial charge in [0.05, 0.1) is 17.2 Å². The van der Waals surface area contributed by atoms with Gasteiger partial charge in [0.2, 0.25) is 0 Å². The number of carbonyl (C=O) groups is 1. The quantitative estimate of drug-likeness (QED) is 0.565. The van der Waals surface area contributed by atoms with Crippen LogP contribution in [0.25, 0.3) is 23.0 Å². The van der Waals surface area contributed by atoms with Gasteiger partial charge in [0.25, 0.3) is 5.91 Å². The zero-order valence-corrected chi connectivity index (χ0v) is 17.6. The topological polar surface area (TPSA) is 80.0 Å². The Morgan fingerprint density at radius 2 is 2.03 bits per heavy atom. The van der Waals surface area contributed by atoms with Gasteiger partial charge in [0.15, 0.2) is 5.17 Å². The maximum atomic E-state index is 12.1. The zero-order valence-electron chi connectivity index (χ0n) is 16.8. The largest absolute Gasteiger partial charge is 0.494 e. The lowest BCUT2D eigenvalue weighted by Crippen LogP contribution is -2.18. The number of rotatable bonds is 6. The highest BCUT2D eigenvalue weighted by molar-refractivity contribution is 8.18. The van der Waals surface area contributed by atoms with Crippen LogP contribution >= 0.6 is 11.8 Å². The summed E-state index contributed by atoms with van der Waals surface area (Å²) in [7, 11) is 0. The number of thioether (sulfide) groups is 1. The van der Waals surface area contributed by atoms with Gasteiger partial charge in [-0.15, -0.1) is 0 Å². The number of ether oxygens (including phenoxy) is 1. The third-order valence-corrected chi connectivity index (χ3v) is 5.47. The molecule has 152 valence electrons. The van der Waals surface area contributed by atoms with Crippen molar-refractivity contribution in [2.45, 2.75) is 20.3 Å². The van der Waals surface area contributed by atoms with E-state index < -0.39 is 0 Å². The van der Waals surface area contributed by atoms with Crippen LogP contribution in [0.15, 0.2) is 59.6 Å². The van der Waals surface area contributed by atoms with Crippen molar-refractivity contribution in [1.29, 1.82) is 5.41 Å². The second-order valence-electron chi connectivity index (χ2n) is 6.93. The number of carbonyl (C=O) groups excluding carboxylic acids is 1. The Morgan fingerprint density at radius 3 is 2.70 bits per heavy atom. The van der Waals surface area contributed by atoms with E-state index in [0.717, 1.165) is 52.0 Å². The summed E-state index contributed by atoms with van der Waals surface area (Å²) in [6.45, 7) is 4.78. The van der Waals surface area contributed by atoms with Gasteiger partial charge in [0, 0.05) is 17.3 Å². The van der Waals surface area contributed by atoms with Crippen molar-refractivity contribution >= 4 is 28.9 Å². The molecule has 1 saturated heterocycles. The highest BCUT2D eigenvalue weighted by atomic mass is 32.2. The van der Waals surface area contributed by atoms with E-state index in [0.29, 0.717) is 11.5 Å². The summed E-state index contributed by atoms with van der Waals surface area (Å²) in [6.07, 6.45) is 4.66. The lowest BCUT2D eigenvalue weighted by Gasteiger charge is -2.09. The molecule has 0 radical (unpaired) electrons. The average Bonchev–Trinajstić information content (AvgIpc) is 3.30. The number of hydrogen-bond acceptors (Lipinski definition) is 5. The van der Waals surface area contributed by atoms with Crippen LogP contribution in [0, 0.1) is 12.3 Å². The molecular weight excluding hydrogens is 396 g/mol. The predicted molar refractivity (Wildman–Crippen MR) is 121 cm³/mol. The summed E-state index contributed by atoms with van der Waals surface area (Å²) >= 11 is 1.12. The number of aryl methyl sites for hydroxylation is 1. The number of para-hydroxylation sites is 1. The summed E-state index contributed by atoms with van der Waals surface area (Å²) in [5.74, 6) is 0.572. The first kappa shape index (κ1) is 20.0. The van der Waals surface area contributed by atoms with Gasteiger partial charge in [-0.1, -0.05) is 25.1 Å². The molecule has 4 rings (SSSR count). The molecule has 0 saturated carbocycles. The highest BCUT2D eigenvalue weighted by Crippen LogP contribution is 2.33. The van der Waals surface area contributed by atoms with Crippen molar-refractivity contribution in [3.8, 4) is 22.7 Å². The van der Waals surface area contributed by atoms with Crippen LogP contribution in [0.2, 0.25) is 0 Å². The molecule has 7 heteroatoms. The fourth-order valence-corrected chi connectivity index (χ4v) is 3.90. The van der Waals surface area contributed by atoms with Crippen molar-refractivity contribution in [1.82, 2.24) is 15.1 Å². The van der Waals surface area contributed by atoms with E-state index in [1.54, 1.807) is 6.08 Å². The van der Waals surface area contributed by atoms with E-state index in [-0.39, 0.29) is 11.1 Å². The number of benzene rings is 2. The molecule has 1 aromatic heterocycles. The number of hydrogen-bond donors (Lipinski definition) is 2. The van der Waals surface area contributed by atoms with Crippen molar-refractivity contribution < 1.29 is 9.53 Å². The summed E-state index contributed by atoms with van der Waals surface area (Å²) in [6, 6.07) is 15.8. The maximum absolute atomic E-state index is 12.1. The summed E-state index contributed by atoms with van der Waals surface area (Å²) < 4.78 is 7.56. The van der Waals surface area contributed by atoms with Crippen LogP contribution in [-0.2, 0) is 4.79 Å². The Labute approximate surface area is 179 Å². The van der Waals surface area contributed by atoms with Crippen LogP contribution in [-0.4, -0.2) is 27.5 Å². The van der Waals surface area contributed by atoms with Gasteiger partial charge < -0.3 is 10.1 Å². The normalized spacial score (nSPS) is 14.9. The van der Waals surface area contributed by atoms with Crippen molar-refractivity contribution in [2.75, 3.05) is 6.61 Å². The SMILES string of the molecule is CCCOc1ccc(-c2nn(-c3ccccc3)cc2/C=C2\SC(=N)NC2=O)c(C)c1. The van der Waals surface area contributed by atoms with Crippen molar-refractivity contribution in [3.63, 3.8) is 0 Å². The fraction of sp³-hybridized carbons (Fsp3) is 0.174. The minimum absolute atomic E-state index is 0.136. The Hall–Kier alpha value is -3.32. The van der Waals surface area contributed by atoms with E-state index >= 15 is 0 Å². The van der Waals surface area contributed by atoms with Crippen LogP contribution in [0.1, 0.15) is 24.5 Å². The van der Waals surface area contributed by atoms with Gasteiger partial charge in [-0.2, -0.15) is 5.10 Å². The Kier molecular flexibility index (Phi) is 5.72. The smallest absolute Gasteiger partial charge is 0.264 e. The standard InChI is InChI=1S/C23H22N4O2S/c1-3-11-29-18-9-10-19(15(2)12-18)21-16(13-20-22(28)25-23(24)30-20)14-27(26-21)17-7-5-4-6-8-17/h4-10,12-14H,3,11H2,1-2H3,(H2,24,25,28)/b20-13-. The molecule has 0 bridgehead atoms. The lowest BCUT2D eigenvalue weighted by atomic mass is 10.0. The monoisotopic (exact) mass is 418 g/mol. The van der Waals surface area contributed by atoms with E-state index in [1.807, 2.05) is 66.3 Å². The number of amidine groups is 1. The Bertz CT molecular complexity index is 1140. The molecule has 1 amide bonds. The van der Waals surface area contributed by atoms with Crippen LogP contribution < -0.4 is 10.1 Å². The third kappa shape index (κ3) is 4.16. The second-order valence-corrected chi connectivity index (χ2v) is 7.98. The second kappa shape index (κ2) is 8.59. The molecule has 0 spiro atoms. The first-order valence-corrected chi connectivity index (χ1v) is 10.5. The minimum Gasteiger partial charge on any atom is -0.494 e. The molecule has 0 atom stereocenters. The number of nitrogens with one attached hydrogen (secondary N) is 2. The van der Waals surface area contributed by atoms with Gasteiger partial charge in [0.1, 0.15) is 11.4 Å². The zero-order chi connectivity index (χ0) is 21.1. The van der Waals surface area contributed by atoms with Gasteiger partial charge in [-0.3, -0.25) is 10.2 Å².